The molecule has 1 saturated carbocycles. The molecule has 0 amide bonds. The summed E-state index contributed by atoms with van der Waals surface area (Å²) in [5, 5.41) is 3.54. The van der Waals surface area contributed by atoms with Crippen molar-refractivity contribution in [2.75, 3.05) is 10.7 Å². The zero-order valence-corrected chi connectivity index (χ0v) is 12.1. The number of hydrogen-bond donors (Lipinski definition) is 3. The predicted octanol–water partition coefficient (Wildman–Crippen LogP) is 2.56. The molecule has 1 aliphatic carbocycles. The minimum Gasteiger partial charge on any atom is -0.367 e. The highest BCUT2D eigenvalue weighted by Gasteiger charge is 2.24. The standard InChI is InChI=1S/C14H25N5/c1-4-12-17-13(8-14(18-12)19-15)16-11-6-9(2)5-10(3)7-11/h8-11H,4-7,15H2,1-3H3,(H2,16,17,18,19). The molecule has 2 atom stereocenters. The Morgan fingerprint density at radius 2 is 1.79 bits per heavy atom. The van der Waals surface area contributed by atoms with Gasteiger partial charge in [-0.15, -0.1) is 0 Å². The summed E-state index contributed by atoms with van der Waals surface area (Å²) in [6.45, 7) is 6.70. The Bertz CT molecular complexity index is 388. The maximum Gasteiger partial charge on any atom is 0.145 e. The van der Waals surface area contributed by atoms with Gasteiger partial charge in [0.05, 0.1) is 0 Å². The number of aryl methyl sites for hydroxylation is 1. The fraction of sp³-hybridized carbons (Fsp3) is 0.714. The number of nitrogen functional groups attached to an aromatic ring is 1. The van der Waals surface area contributed by atoms with E-state index in [0.717, 1.165) is 29.9 Å². The molecule has 0 aliphatic heterocycles. The van der Waals surface area contributed by atoms with Crippen molar-refractivity contribution in [3.05, 3.63) is 11.9 Å². The molecule has 0 bridgehead atoms. The molecule has 106 valence electrons. The third-order valence-corrected chi connectivity index (χ3v) is 3.77. The molecular weight excluding hydrogens is 238 g/mol. The molecule has 1 aromatic heterocycles. The molecule has 2 unspecified atom stereocenters. The molecule has 2 rings (SSSR count). The van der Waals surface area contributed by atoms with Crippen molar-refractivity contribution in [2.45, 2.75) is 52.5 Å². The quantitative estimate of drug-likeness (QED) is 0.575. The fourth-order valence-corrected chi connectivity index (χ4v) is 3.08. The summed E-state index contributed by atoms with van der Waals surface area (Å²) < 4.78 is 0. The Kier molecular flexibility index (Phi) is 4.58. The maximum absolute atomic E-state index is 5.45. The zero-order valence-electron chi connectivity index (χ0n) is 12.1. The first-order chi connectivity index (χ1) is 9.10. The number of aromatic nitrogens is 2. The van der Waals surface area contributed by atoms with Crippen molar-refractivity contribution in [2.24, 2.45) is 17.7 Å². The predicted molar refractivity (Wildman–Crippen MR) is 78.8 cm³/mol. The van der Waals surface area contributed by atoms with Gasteiger partial charge in [-0.1, -0.05) is 20.8 Å². The minimum absolute atomic E-state index is 0.504. The number of nitrogens with zero attached hydrogens (tertiary/aromatic N) is 2. The van der Waals surface area contributed by atoms with Gasteiger partial charge in [0.1, 0.15) is 17.5 Å². The summed E-state index contributed by atoms with van der Waals surface area (Å²) in [6.07, 6.45) is 4.56. The van der Waals surface area contributed by atoms with Crippen LogP contribution < -0.4 is 16.6 Å². The lowest BCUT2D eigenvalue weighted by molar-refractivity contribution is 0.280. The Hall–Kier alpha value is -1.36. The molecule has 0 radical (unpaired) electrons. The first-order valence-electron chi connectivity index (χ1n) is 7.21. The Balaban J connectivity index is 2.09. The maximum atomic E-state index is 5.45. The monoisotopic (exact) mass is 263 g/mol. The topological polar surface area (TPSA) is 75.9 Å². The van der Waals surface area contributed by atoms with Crippen molar-refractivity contribution in [3.63, 3.8) is 0 Å². The second kappa shape index (κ2) is 6.19. The molecule has 0 spiro atoms. The first kappa shape index (κ1) is 14.1. The van der Waals surface area contributed by atoms with Crippen molar-refractivity contribution in [1.29, 1.82) is 0 Å². The van der Waals surface area contributed by atoms with Gasteiger partial charge >= 0.3 is 0 Å². The van der Waals surface area contributed by atoms with Crippen LogP contribution in [0.25, 0.3) is 0 Å². The van der Waals surface area contributed by atoms with E-state index in [-0.39, 0.29) is 0 Å². The van der Waals surface area contributed by atoms with Gasteiger partial charge in [0.2, 0.25) is 0 Å². The van der Waals surface area contributed by atoms with Crippen molar-refractivity contribution in [3.8, 4) is 0 Å². The van der Waals surface area contributed by atoms with Crippen LogP contribution in [0.2, 0.25) is 0 Å². The highest BCUT2D eigenvalue weighted by atomic mass is 15.3. The second-order valence-electron chi connectivity index (χ2n) is 5.81. The summed E-state index contributed by atoms with van der Waals surface area (Å²) in [7, 11) is 0. The van der Waals surface area contributed by atoms with Gasteiger partial charge in [-0.3, -0.25) is 0 Å². The van der Waals surface area contributed by atoms with E-state index in [0.29, 0.717) is 11.9 Å². The Labute approximate surface area is 115 Å². The fourth-order valence-electron chi connectivity index (χ4n) is 3.08. The third-order valence-electron chi connectivity index (χ3n) is 3.77. The normalized spacial score (nSPS) is 27.1. The van der Waals surface area contributed by atoms with Gasteiger partial charge in [0.25, 0.3) is 0 Å². The van der Waals surface area contributed by atoms with Gasteiger partial charge in [-0.2, -0.15) is 0 Å². The summed E-state index contributed by atoms with van der Waals surface area (Å²) in [5.74, 6) is 9.38. The van der Waals surface area contributed by atoms with Crippen LogP contribution in [-0.4, -0.2) is 16.0 Å². The van der Waals surface area contributed by atoms with Gasteiger partial charge < -0.3 is 10.7 Å². The minimum atomic E-state index is 0.504. The smallest absolute Gasteiger partial charge is 0.145 e. The molecule has 1 fully saturated rings. The van der Waals surface area contributed by atoms with E-state index in [1.54, 1.807) is 0 Å². The summed E-state index contributed by atoms with van der Waals surface area (Å²) in [6, 6.07) is 2.38. The largest absolute Gasteiger partial charge is 0.367 e. The van der Waals surface area contributed by atoms with Gasteiger partial charge in [0, 0.05) is 18.5 Å². The van der Waals surface area contributed by atoms with E-state index in [1.165, 1.54) is 19.3 Å². The molecule has 0 aromatic carbocycles. The SMILES string of the molecule is CCc1nc(NN)cc(NC2CC(C)CC(C)C2)n1. The molecule has 4 N–H and O–H groups in total. The van der Waals surface area contributed by atoms with E-state index >= 15 is 0 Å². The Morgan fingerprint density at radius 1 is 1.16 bits per heavy atom. The Morgan fingerprint density at radius 3 is 2.37 bits per heavy atom. The molecule has 0 saturated heterocycles. The molecular formula is C14H25N5. The van der Waals surface area contributed by atoms with Crippen molar-refractivity contribution >= 4 is 11.6 Å². The summed E-state index contributed by atoms with van der Waals surface area (Å²) in [4.78, 5) is 8.83. The molecule has 5 heteroatoms. The first-order valence-corrected chi connectivity index (χ1v) is 7.21. The van der Waals surface area contributed by atoms with Crippen LogP contribution in [0.4, 0.5) is 11.6 Å². The lowest BCUT2D eigenvalue weighted by Crippen LogP contribution is -2.30. The molecule has 5 nitrogen and oxygen atoms in total. The van der Waals surface area contributed by atoms with E-state index in [2.05, 4.69) is 34.6 Å². The number of hydrazine groups is 1. The third kappa shape index (κ3) is 3.80. The highest BCUT2D eigenvalue weighted by molar-refractivity contribution is 5.47. The van der Waals surface area contributed by atoms with Crippen LogP contribution in [0.3, 0.4) is 0 Å². The van der Waals surface area contributed by atoms with Gasteiger partial charge in [-0.25, -0.2) is 15.8 Å². The number of anilines is 2. The molecule has 1 aromatic rings. The van der Waals surface area contributed by atoms with Crippen LogP contribution in [0.15, 0.2) is 6.07 Å². The summed E-state index contributed by atoms with van der Waals surface area (Å²) >= 11 is 0. The summed E-state index contributed by atoms with van der Waals surface area (Å²) in [5.41, 5.74) is 2.61. The number of nitrogens with one attached hydrogen (secondary N) is 2. The van der Waals surface area contributed by atoms with Crippen LogP contribution in [0.5, 0.6) is 0 Å². The van der Waals surface area contributed by atoms with Crippen molar-refractivity contribution in [1.82, 2.24) is 9.97 Å². The highest BCUT2D eigenvalue weighted by Crippen LogP contribution is 2.30. The van der Waals surface area contributed by atoms with Gasteiger partial charge in [0.15, 0.2) is 0 Å². The number of nitrogens with two attached hydrogens (primary N) is 1. The van der Waals surface area contributed by atoms with Gasteiger partial charge in [-0.05, 0) is 31.1 Å². The van der Waals surface area contributed by atoms with E-state index in [1.807, 2.05) is 13.0 Å². The van der Waals surface area contributed by atoms with Crippen LogP contribution in [0, 0.1) is 11.8 Å². The molecule has 1 aliphatic rings. The molecule has 1 heterocycles. The second-order valence-corrected chi connectivity index (χ2v) is 5.81. The number of rotatable bonds is 4. The lowest BCUT2D eigenvalue weighted by Gasteiger charge is -2.32. The zero-order chi connectivity index (χ0) is 13.8. The van der Waals surface area contributed by atoms with Crippen LogP contribution in [0.1, 0.15) is 45.9 Å². The lowest BCUT2D eigenvalue weighted by atomic mass is 9.80. The van der Waals surface area contributed by atoms with E-state index in [4.69, 9.17) is 5.84 Å². The van der Waals surface area contributed by atoms with Crippen LogP contribution in [-0.2, 0) is 6.42 Å². The van der Waals surface area contributed by atoms with E-state index < -0.39 is 0 Å². The van der Waals surface area contributed by atoms with Crippen LogP contribution >= 0.6 is 0 Å². The number of hydrogen-bond acceptors (Lipinski definition) is 5. The molecule has 19 heavy (non-hydrogen) atoms. The van der Waals surface area contributed by atoms with E-state index in [9.17, 15) is 0 Å². The van der Waals surface area contributed by atoms with Crippen molar-refractivity contribution < 1.29 is 0 Å². The average Bonchev–Trinajstić information content (AvgIpc) is 2.37. The average molecular weight is 263 g/mol.